The van der Waals surface area contributed by atoms with E-state index in [1.165, 1.54) is 0 Å². The lowest BCUT2D eigenvalue weighted by atomic mass is 9.86. The van der Waals surface area contributed by atoms with E-state index in [4.69, 9.17) is 11.6 Å². The molecule has 1 aliphatic heterocycles. The van der Waals surface area contributed by atoms with Crippen LogP contribution in [-0.4, -0.2) is 29.3 Å². The Balaban J connectivity index is 1.28. The topological polar surface area (TPSA) is 66.4 Å². The van der Waals surface area contributed by atoms with Crippen LogP contribution in [0.15, 0.2) is 41.5 Å². The first kappa shape index (κ1) is 21.6. The van der Waals surface area contributed by atoms with Crippen molar-refractivity contribution in [3.8, 4) is 0 Å². The molecule has 2 aliphatic rings. The molecule has 4 rings (SSSR count). The third-order valence-electron chi connectivity index (χ3n) is 5.80. The summed E-state index contributed by atoms with van der Waals surface area (Å²) in [6, 6.07) is 6.63. The van der Waals surface area contributed by atoms with Gasteiger partial charge in [-0.05, 0) is 55.9 Å². The fourth-order valence-electron chi connectivity index (χ4n) is 4.05. The van der Waals surface area contributed by atoms with E-state index in [9.17, 15) is 18.0 Å². The van der Waals surface area contributed by atoms with Crippen LogP contribution in [0.3, 0.4) is 0 Å². The number of hydrogen-bond acceptors (Lipinski definition) is 4. The summed E-state index contributed by atoms with van der Waals surface area (Å²) < 4.78 is 38.8. The lowest BCUT2D eigenvalue weighted by molar-refractivity contribution is -0.137. The number of rotatable bonds is 4. The Labute approximate surface area is 183 Å². The van der Waals surface area contributed by atoms with Gasteiger partial charge in [0.15, 0.2) is 0 Å². The smallest absolute Gasteiger partial charge is 0.368 e. The Morgan fingerprint density at radius 2 is 1.94 bits per heavy atom. The van der Waals surface area contributed by atoms with E-state index in [-0.39, 0.29) is 16.6 Å². The standard InChI is InChI=1S/C22H22ClF3N4O/c23-18-8-5-15(22(24,25)26)10-17(18)21(31)30-16-6-3-13(4-7-16)11-28-20-19-14(12-29-20)2-1-9-27-19/h1-2,5,8-10,13,16H,3-4,6-7,11-12H2,(H,28,29)(H,30,31). The van der Waals surface area contributed by atoms with Crippen LogP contribution in [0, 0.1) is 5.92 Å². The highest BCUT2D eigenvalue weighted by molar-refractivity contribution is 6.33. The van der Waals surface area contributed by atoms with Gasteiger partial charge >= 0.3 is 6.18 Å². The van der Waals surface area contributed by atoms with Crippen molar-refractivity contribution in [2.45, 2.75) is 44.4 Å². The predicted octanol–water partition coefficient (Wildman–Crippen LogP) is 4.59. The second-order valence-electron chi connectivity index (χ2n) is 7.94. The van der Waals surface area contributed by atoms with E-state index in [2.05, 4.69) is 20.6 Å². The molecule has 31 heavy (non-hydrogen) atoms. The number of alkyl halides is 3. The highest BCUT2D eigenvalue weighted by atomic mass is 35.5. The number of halogens is 4. The van der Waals surface area contributed by atoms with Gasteiger partial charge in [-0.2, -0.15) is 13.2 Å². The second-order valence-corrected chi connectivity index (χ2v) is 8.35. The monoisotopic (exact) mass is 450 g/mol. The van der Waals surface area contributed by atoms with Crippen LogP contribution in [0.5, 0.6) is 0 Å². The van der Waals surface area contributed by atoms with Crippen molar-refractivity contribution in [3.05, 3.63) is 63.9 Å². The molecule has 1 aliphatic carbocycles. The number of aromatic nitrogens is 1. The van der Waals surface area contributed by atoms with E-state index in [0.717, 1.165) is 67.5 Å². The summed E-state index contributed by atoms with van der Waals surface area (Å²) in [5.41, 5.74) is 0.986. The molecule has 1 aromatic carbocycles. The number of amides is 1. The number of carbonyl (C=O) groups is 1. The summed E-state index contributed by atoms with van der Waals surface area (Å²) in [6.07, 6.45) is 0.551. The van der Waals surface area contributed by atoms with Crippen LogP contribution in [-0.2, 0) is 12.7 Å². The summed E-state index contributed by atoms with van der Waals surface area (Å²) >= 11 is 5.97. The van der Waals surface area contributed by atoms with E-state index >= 15 is 0 Å². The quantitative estimate of drug-likeness (QED) is 0.715. The van der Waals surface area contributed by atoms with Gasteiger partial charge in [-0.1, -0.05) is 17.7 Å². The number of pyridine rings is 1. The lowest BCUT2D eigenvalue weighted by Gasteiger charge is -2.29. The SMILES string of the molecule is O=C(NC1CCC(CNC2=NCc3cccnc32)CC1)c1cc(C(F)(F)F)ccc1Cl. The van der Waals surface area contributed by atoms with Gasteiger partial charge in [0.05, 0.1) is 22.7 Å². The zero-order chi connectivity index (χ0) is 22.0. The number of amidine groups is 1. The van der Waals surface area contributed by atoms with E-state index in [0.29, 0.717) is 12.5 Å². The molecular formula is C22H22ClF3N4O. The van der Waals surface area contributed by atoms with E-state index < -0.39 is 17.6 Å². The third-order valence-corrected chi connectivity index (χ3v) is 6.13. The van der Waals surface area contributed by atoms with Gasteiger partial charge in [0, 0.05) is 24.3 Å². The fraction of sp³-hybridized carbons (Fsp3) is 0.409. The molecule has 1 saturated carbocycles. The lowest BCUT2D eigenvalue weighted by Crippen LogP contribution is -2.40. The molecule has 2 heterocycles. The second kappa shape index (κ2) is 8.86. The number of aliphatic imine (C=N–C) groups is 1. The van der Waals surface area contributed by atoms with Gasteiger partial charge in [-0.15, -0.1) is 0 Å². The fourth-order valence-corrected chi connectivity index (χ4v) is 4.25. The van der Waals surface area contributed by atoms with Crippen LogP contribution < -0.4 is 10.6 Å². The molecule has 0 atom stereocenters. The summed E-state index contributed by atoms with van der Waals surface area (Å²) in [4.78, 5) is 21.4. The molecule has 2 N–H and O–H groups in total. The van der Waals surface area contributed by atoms with Gasteiger partial charge in [0.25, 0.3) is 5.91 Å². The van der Waals surface area contributed by atoms with Crippen molar-refractivity contribution in [2.24, 2.45) is 10.9 Å². The minimum atomic E-state index is -4.52. The number of fused-ring (bicyclic) bond motifs is 1. The van der Waals surface area contributed by atoms with Crippen LogP contribution in [0.2, 0.25) is 5.02 Å². The van der Waals surface area contributed by atoms with Gasteiger partial charge < -0.3 is 10.6 Å². The van der Waals surface area contributed by atoms with Crippen molar-refractivity contribution < 1.29 is 18.0 Å². The first-order valence-electron chi connectivity index (χ1n) is 10.2. The zero-order valence-electron chi connectivity index (χ0n) is 16.7. The molecule has 2 aromatic rings. The van der Waals surface area contributed by atoms with Gasteiger partial charge in [0.2, 0.25) is 0 Å². The summed E-state index contributed by atoms with van der Waals surface area (Å²) in [6.45, 7) is 1.41. The molecule has 1 aromatic heterocycles. The van der Waals surface area contributed by atoms with Crippen molar-refractivity contribution in [3.63, 3.8) is 0 Å². The van der Waals surface area contributed by atoms with Crippen LogP contribution >= 0.6 is 11.6 Å². The number of nitrogens with zero attached hydrogens (tertiary/aromatic N) is 2. The Morgan fingerprint density at radius 3 is 2.68 bits per heavy atom. The Hall–Kier alpha value is -2.61. The maximum Gasteiger partial charge on any atom is 0.416 e. The predicted molar refractivity (Wildman–Crippen MR) is 112 cm³/mol. The van der Waals surface area contributed by atoms with Crippen molar-refractivity contribution in [1.82, 2.24) is 15.6 Å². The summed E-state index contributed by atoms with van der Waals surface area (Å²) in [7, 11) is 0. The Kier molecular flexibility index (Phi) is 6.18. The maximum atomic E-state index is 12.9. The largest absolute Gasteiger partial charge is 0.416 e. The van der Waals surface area contributed by atoms with Crippen LogP contribution in [0.1, 0.15) is 52.9 Å². The van der Waals surface area contributed by atoms with Crippen LogP contribution in [0.4, 0.5) is 13.2 Å². The summed E-state index contributed by atoms with van der Waals surface area (Å²) in [5, 5.41) is 6.24. The van der Waals surface area contributed by atoms with Crippen LogP contribution in [0.25, 0.3) is 0 Å². The average molecular weight is 451 g/mol. The van der Waals surface area contributed by atoms with Gasteiger partial charge in [-0.25, -0.2) is 0 Å². The van der Waals surface area contributed by atoms with Gasteiger partial charge in [0.1, 0.15) is 11.5 Å². The molecule has 164 valence electrons. The van der Waals surface area contributed by atoms with E-state index in [1.54, 1.807) is 6.20 Å². The zero-order valence-corrected chi connectivity index (χ0v) is 17.4. The Morgan fingerprint density at radius 1 is 1.16 bits per heavy atom. The highest BCUT2D eigenvalue weighted by Crippen LogP contribution is 2.32. The first-order valence-corrected chi connectivity index (χ1v) is 10.6. The van der Waals surface area contributed by atoms with Crippen molar-refractivity contribution in [1.29, 1.82) is 0 Å². The molecule has 0 bridgehead atoms. The molecule has 5 nitrogen and oxygen atoms in total. The average Bonchev–Trinajstić information content (AvgIpc) is 3.16. The summed E-state index contributed by atoms with van der Waals surface area (Å²) in [5.74, 6) is 0.687. The highest BCUT2D eigenvalue weighted by Gasteiger charge is 2.32. The number of benzene rings is 1. The third kappa shape index (κ3) is 5.01. The number of carbonyl (C=O) groups excluding carboxylic acids is 1. The van der Waals surface area contributed by atoms with Crippen molar-refractivity contribution >= 4 is 23.3 Å². The van der Waals surface area contributed by atoms with Crippen molar-refractivity contribution in [2.75, 3.05) is 6.54 Å². The minimum absolute atomic E-state index is 0.00890. The number of hydrogen-bond donors (Lipinski definition) is 2. The minimum Gasteiger partial charge on any atom is -0.368 e. The maximum absolute atomic E-state index is 12.9. The molecule has 9 heteroatoms. The molecule has 1 fully saturated rings. The molecule has 0 saturated heterocycles. The molecule has 0 spiro atoms. The molecule has 0 unspecified atom stereocenters. The van der Waals surface area contributed by atoms with E-state index in [1.807, 2.05) is 12.1 Å². The Bertz CT molecular complexity index is 1000. The normalized spacial score (nSPS) is 20.7. The first-order chi connectivity index (χ1) is 14.8. The number of nitrogens with one attached hydrogen (secondary N) is 2. The molecular weight excluding hydrogens is 429 g/mol. The molecule has 0 radical (unpaired) electrons. The molecule has 1 amide bonds. The van der Waals surface area contributed by atoms with Gasteiger partial charge in [-0.3, -0.25) is 14.8 Å².